The van der Waals surface area contributed by atoms with E-state index in [1.54, 1.807) is 13.8 Å². The van der Waals surface area contributed by atoms with Crippen LogP contribution in [0.4, 0.5) is 0 Å². The number of aryl methyl sites for hydroxylation is 2. The minimum Gasteiger partial charge on any atom is -0.300 e. The van der Waals surface area contributed by atoms with Crippen molar-refractivity contribution in [2.45, 2.75) is 39.5 Å². The van der Waals surface area contributed by atoms with Crippen LogP contribution >= 0.6 is 0 Å². The van der Waals surface area contributed by atoms with Crippen LogP contribution in [0, 0.1) is 11.3 Å². The van der Waals surface area contributed by atoms with E-state index in [-0.39, 0.29) is 11.6 Å². The van der Waals surface area contributed by atoms with Gasteiger partial charge < -0.3 is 9.59 Å². The van der Waals surface area contributed by atoms with E-state index in [4.69, 9.17) is 5.26 Å². The number of Topliss-reactive ketones (excluding diaryl/α,β-unsaturated/α-hetero) is 2. The summed E-state index contributed by atoms with van der Waals surface area (Å²) in [4.78, 5) is 21.9. The van der Waals surface area contributed by atoms with Gasteiger partial charge >= 0.3 is 0 Å². The third-order valence-corrected chi connectivity index (χ3v) is 2.81. The van der Waals surface area contributed by atoms with E-state index in [0.717, 1.165) is 11.1 Å². The van der Waals surface area contributed by atoms with Crippen molar-refractivity contribution in [1.82, 2.24) is 0 Å². The number of ketones is 2. The summed E-state index contributed by atoms with van der Waals surface area (Å²) in [7, 11) is 0. The number of carbonyl (C=O) groups excluding carboxylic acids is 2. The van der Waals surface area contributed by atoms with Gasteiger partial charge in [0.15, 0.2) is 0 Å². The van der Waals surface area contributed by atoms with Crippen LogP contribution in [0.1, 0.15) is 43.4 Å². The zero-order chi connectivity index (χ0) is 13.5. The number of carbonyl (C=O) groups is 2. The second-order valence-electron chi connectivity index (χ2n) is 4.51. The average molecular weight is 243 g/mol. The maximum Gasteiger partial charge on any atom is 0.130 e. The number of nitrogens with zero attached hydrogens (tertiary/aromatic N) is 1. The second kappa shape index (κ2) is 6.70. The monoisotopic (exact) mass is 243 g/mol. The molecule has 0 amide bonds. The van der Waals surface area contributed by atoms with Gasteiger partial charge in [-0.15, -0.1) is 0 Å². The van der Waals surface area contributed by atoms with Gasteiger partial charge in [-0.25, -0.2) is 0 Å². The Labute approximate surface area is 107 Å². The molecule has 0 bridgehead atoms. The number of benzene rings is 1. The number of nitriles is 1. The van der Waals surface area contributed by atoms with E-state index in [9.17, 15) is 9.59 Å². The average Bonchev–Trinajstić information content (AvgIpc) is 2.34. The van der Waals surface area contributed by atoms with Crippen LogP contribution in [0.25, 0.3) is 0 Å². The zero-order valence-corrected chi connectivity index (χ0v) is 10.8. The van der Waals surface area contributed by atoms with Crippen molar-refractivity contribution < 1.29 is 9.59 Å². The minimum absolute atomic E-state index is 0.125. The molecule has 0 N–H and O–H groups in total. The summed E-state index contributed by atoms with van der Waals surface area (Å²) in [5.74, 6) is 0.272. The fourth-order valence-corrected chi connectivity index (χ4v) is 1.73. The molecule has 0 unspecified atom stereocenters. The Hall–Kier alpha value is -1.95. The largest absolute Gasteiger partial charge is 0.300 e. The molecule has 1 aromatic carbocycles. The molecule has 0 aromatic heterocycles. The third kappa shape index (κ3) is 4.50. The molecule has 18 heavy (non-hydrogen) atoms. The van der Waals surface area contributed by atoms with Gasteiger partial charge in [0.2, 0.25) is 0 Å². The highest BCUT2D eigenvalue weighted by atomic mass is 16.1. The quantitative estimate of drug-likeness (QED) is 0.771. The van der Waals surface area contributed by atoms with Crippen LogP contribution in [-0.2, 0) is 22.4 Å². The van der Waals surface area contributed by atoms with Crippen LogP contribution in [0.2, 0.25) is 0 Å². The van der Waals surface area contributed by atoms with E-state index in [1.807, 2.05) is 18.2 Å². The van der Waals surface area contributed by atoms with Crippen molar-refractivity contribution in [1.29, 1.82) is 5.26 Å². The summed E-state index contributed by atoms with van der Waals surface area (Å²) in [5.41, 5.74) is 2.50. The van der Waals surface area contributed by atoms with Gasteiger partial charge in [0.25, 0.3) is 0 Å². The molecule has 0 fully saturated rings. The van der Waals surface area contributed by atoms with E-state index >= 15 is 0 Å². The molecule has 0 spiro atoms. The first-order valence-corrected chi connectivity index (χ1v) is 6.03. The van der Waals surface area contributed by atoms with Crippen molar-refractivity contribution >= 4 is 11.6 Å². The van der Waals surface area contributed by atoms with Gasteiger partial charge in [0, 0.05) is 12.8 Å². The standard InChI is InChI=1S/C15H17NO2/c1-11(17)3-5-13-6-8-14(7-4-12(2)18)15(9-13)10-16/h6,8-9H,3-5,7H2,1-2H3. The van der Waals surface area contributed by atoms with Crippen molar-refractivity contribution in [2.75, 3.05) is 0 Å². The maximum atomic E-state index is 10.9. The molecule has 0 aliphatic carbocycles. The van der Waals surface area contributed by atoms with Gasteiger partial charge in [0.05, 0.1) is 11.6 Å². The molecule has 0 aliphatic rings. The topological polar surface area (TPSA) is 57.9 Å². The summed E-state index contributed by atoms with van der Waals surface area (Å²) >= 11 is 0. The van der Waals surface area contributed by atoms with Crippen LogP contribution in [0.3, 0.4) is 0 Å². The molecule has 1 aromatic rings. The van der Waals surface area contributed by atoms with Crippen molar-refractivity contribution in [3.05, 3.63) is 34.9 Å². The molecular weight excluding hydrogens is 226 g/mol. The number of hydrogen-bond acceptors (Lipinski definition) is 3. The van der Waals surface area contributed by atoms with E-state index < -0.39 is 0 Å². The van der Waals surface area contributed by atoms with Gasteiger partial charge in [-0.1, -0.05) is 12.1 Å². The first kappa shape index (κ1) is 14.1. The Morgan fingerprint density at radius 2 is 1.72 bits per heavy atom. The second-order valence-corrected chi connectivity index (χ2v) is 4.51. The maximum absolute atomic E-state index is 10.9. The summed E-state index contributed by atoms with van der Waals surface area (Å²) in [6.07, 6.45) is 2.22. The van der Waals surface area contributed by atoms with Gasteiger partial charge in [-0.2, -0.15) is 5.26 Å². The fraction of sp³-hybridized carbons (Fsp3) is 0.400. The molecular formula is C15H17NO2. The van der Waals surface area contributed by atoms with E-state index in [1.165, 1.54) is 0 Å². The van der Waals surface area contributed by atoms with Crippen LogP contribution < -0.4 is 0 Å². The molecule has 0 saturated carbocycles. The molecule has 94 valence electrons. The first-order valence-electron chi connectivity index (χ1n) is 6.03. The van der Waals surface area contributed by atoms with E-state index in [0.29, 0.717) is 31.2 Å². The normalized spacial score (nSPS) is 9.83. The molecule has 1 rings (SSSR count). The van der Waals surface area contributed by atoms with Gasteiger partial charge in [-0.05, 0) is 43.9 Å². The lowest BCUT2D eigenvalue weighted by Gasteiger charge is -2.05. The summed E-state index contributed by atoms with van der Waals surface area (Å²) in [6.45, 7) is 3.11. The Balaban J connectivity index is 2.80. The predicted octanol–water partition coefficient (Wildman–Crippen LogP) is 2.60. The van der Waals surface area contributed by atoms with Gasteiger partial charge in [0.1, 0.15) is 11.6 Å². The Bertz CT molecular complexity index is 498. The zero-order valence-electron chi connectivity index (χ0n) is 10.8. The Morgan fingerprint density at radius 3 is 2.28 bits per heavy atom. The lowest BCUT2D eigenvalue weighted by molar-refractivity contribution is -0.117. The summed E-state index contributed by atoms with van der Waals surface area (Å²) in [5, 5.41) is 9.08. The molecule has 0 radical (unpaired) electrons. The van der Waals surface area contributed by atoms with Crippen LogP contribution in [0.15, 0.2) is 18.2 Å². The highest BCUT2D eigenvalue weighted by molar-refractivity contribution is 5.76. The lowest BCUT2D eigenvalue weighted by Crippen LogP contribution is -1.99. The van der Waals surface area contributed by atoms with Crippen molar-refractivity contribution in [2.24, 2.45) is 0 Å². The minimum atomic E-state index is 0.125. The highest BCUT2D eigenvalue weighted by Crippen LogP contribution is 2.15. The molecule has 3 nitrogen and oxygen atoms in total. The van der Waals surface area contributed by atoms with Gasteiger partial charge in [-0.3, -0.25) is 0 Å². The smallest absolute Gasteiger partial charge is 0.130 e. The lowest BCUT2D eigenvalue weighted by atomic mass is 9.98. The predicted molar refractivity (Wildman–Crippen MR) is 69.2 cm³/mol. The van der Waals surface area contributed by atoms with E-state index in [2.05, 4.69) is 6.07 Å². The number of rotatable bonds is 6. The SMILES string of the molecule is CC(=O)CCc1ccc(CCC(C)=O)c(C#N)c1. The fourth-order valence-electron chi connectivity index (χ4n) is 1.73. The molecule has 0 heterocycles. The van der Waals surface area contributed by atoms with Crippen LogP contribution in [0.5, 0.6) is 0 Å². The first-order chi connectivity index (χ1) is 8.52. The molecule has 0 saturated heterocycles. The Kier molecular flexibility index (Phi) is 5.26. The Morgan fingerprint density at radius 1 is 1.11 bits per heavy atom. The van der Waals surface area contributed by atoms with Crippen molar-refractivity contribution in [3.63, 3.8) is 0 Å². The third-order valence-electron chi connectivity index (χ3n) is 2.81. The summed E-state index contributed by atoms with van der Waals surface area (Å²) in [6, 6.07) is 7.78. The molecule has 3 heteroatoms. The van der Waals surface area contributed by atoms with Crippen LogP contribution in [-0.4, -0.2) is 11.6 Å². The number of hydrogen-bond donors (Lipinski definition) is 0. The molecule has 0 atom stereocenters. The van der Waals surface area contributed by atoms with Crippen molar-refractivity contribution in [3.8, 4) is 6.07 Å². The summed E-state index contributed by atoms with van der Waals surface area (Å²) < 4.78 is 0. The highest BCUT2D eigenvalue weighted by Gasteiger charge is 2.05. The molecule has 0 aliphatic heterocycles.